The fourth-order valence-electron chi connectivity index (χ4n) is 3.33. The van der Waals surface area contributed by atoms with Gasteiger partial charge in [-0.3, -0.25) is 0 Å². The standard InChI is InChI=1S/C18H31N3/c1-14-5-6-18(17(11-14)12-15(2)19)21(4)13-16-7-9-20(3)10-8-16/h5-6,11,15-16H,7-10,12-13,19H2,1-4H3. The number of piperidine rings is 1. The Labute approximate surface area is 130 Å². The van der Waals surface area contributed by atoms with Gasteiger partial charge in [0.25, 0.3) is 0 Å². The summed E-state index contributed by atoms with van der Waals surface area (Å²) in [5.41, 5.74) is 10.1. The predicted molar refractivity (Wildman–Crippen MR) is 92.0 cm³/mol. The van der Waals surface area contributed by atoms with Crippen LogP contribution in [-0.4, -0.2) is 44.7 Å². The Morgan fingerprint density at radius 2 is 2.00 bits per heavy atom. The van der Waals surface area contributed by atoms with Gasteiger partial charge in [-0.1, -0.05) is 17.7 Å². The van der Waals surface area contributed by atoms with Gasteiger partial charge in [-0.2, -0.15) is 0 Å². The van der Waals surface area contributed by atoms with E-state index in [0.29, 0.717) is 0 Å². The Morgan fingerprint density at radius 1 is 1.33 bits per heavy atom. The molecule has 0 bridgehead atoms. The molecule has 0 spiro atoms. The quantitative estimate of drug-likeness (QED) is 0.904. The summed E-state index contributed by atoms with van der Waals surface area (Å²) in [4.78, 5) is 4.87. The van der Waals surface area contributed by atoms with Crippen LogP contribution in [0.5, 0.6) is 0 Å². The summed E-state index contributed by atoms with van der Waals surface area (Å²) in [6.07, 6.45) is 3.58. The van der Waals surface area contributed by atoms with E-state index in [1.165, 1.54) is 42.7 Å². The lowest BCUT2D eigenvalue weighted by Crippen LogP contribution is -2.36. The second-order valence-electron chi connectivity index (χ2n) is 6.94. The Morgan fingerprint density at radius 3 is 2.62 bits per heavy atom. The van der Waals surface area contributed by atoms with Crippen molar-refractivity contribution in [2.45, 2.75) is 39.2 Å². The van der Waals surface area contributed by atoms with Crippen molar-refractivity contribution in [3.8, 4) is 0 Å². The Bertz CT molecular complexity index is 448. The molecule has 3 heteroatoms. The molecule has 118 valence electrons. The van der Waals surface area contributed by atoms with Crippen molar-refractivity contribution in [2.75, 3.05) is 38.6 Å². The van der Waals surface area contributed by atoms with Gasteiger partial charge in [0.1, 0.15) is 0 Å². The second kappa shape index (κ2) is 7.28. The molecule has 0 aromatic heterocycles. The third-order valence-corrected chi connectivity index (χ3v) is 4.56. The number of nitrogens with two attached hydrogens (primary N) is 1. The molecule has 1 atom stereocenters. The van der Waals surface area contributed by atoms with Crippen LogP contribution in [0.15, 0.2) is 18.2 Å². The van der Waals surface area contributed by atoms with E-state index < -0.39 is 0 Å². The molecule has 0 aliphatic carbocycles. The molecular weight excluding hydrogens is 258 g/mol. The van der Waals surface area contributed by atoms with Crippen LogP contribution in [0.4, 0.5) is 5.69 Å². The number of aryl methyl sites for hydroxylation is 1. The van der Waals surface area contributed by atoms with Crippen LogP contribution in [0.3, 0.4) is 0 Å². The zero-order chi connectivity index (χ0) is 15.4. The van der Waals surface area contributed by atoms with Gasteiger partial charge in [-0.15, -0.1) is 0 Å². The number of anilines is 1. The molecule has 0 amide bonds. The zero-order valence-corrected chi connectivity index (χ0v) is 14.1. The van der Waals surface area contributed by atoms with Gasteiger partial charge in [0.15, 0.2) is 0 Å². The first-order valence-corrected chi connectivity index (χ1v) is 8.20. The molecule has 2 rings (SSSR count). The molecule has 1 aliphatic heterocycles. The number of likely N-dealkylation sites (tertiary alicyclic amines) is 1. The average Bonchev–Trinajstić information content (AvgIpc) is 2.40. The number of hydrogen-bond donors (Lipinski definition) is 1. The fraction of sp³-hybridized carbons (Fsp3) is 0.667. The van der Waals surface area contributed by atoms with E-state index in [0.717, 1.165) is 18.9 Å². The molecule has 1 heterocycles. The highest BCUT2D eigenvalue weighted by Crippen LogP contribution is 2.25. The molecule has 3 nitrogen and oxygen atoms in total. The molecule has 1 saturated heterocycles. The van der Waals surface area contributed by atoms with Crippen LogP contribution >= 0.6 is 0 Å². The molecule has 1 aromatic rings. The van der Waals surface area contributed by atoms with Gasteiger partial charge in [0.05, 0.1) is 0 Å². The number of hydrogen-bond acceptors (Lipinski definition) is 3. The third kappa shape index (κ3) is 4.72. The van der Waals surface area contributed by atoms with Crippen LogP contribution in [-0.2, 0) is 6.42 Å². The monoisotopic (exact) mass is 289 g/mol. The maximum absolute atomic E-state index is 6.02. The highest BCUT2D eigenvalue weighted by Gasteiger charge is 2.19. The van der Waals surface area contributed by atoms with E-state index in [1.807, 2.05) is 0 Å². The lowest BCUT2D eigenvalue weighted by atomic mass is 9.95. The van der Waals surface area contributed by atoms with Crippen molar-refractivity contribution in [3.63, 3.8) is 0 Å². The van der Waals surface area contributed by atoms with Crippen LogP contribution in [0, 0.1) is 12.8 Å². The molecule has 0 saturated carbocycles. The average molecular weight is 289 g/mol. The van der Waals surface area contributed by atoms with Crippen LogP contribution in [0.1, 0.15) is 30.9 Å². The smallest absolute Gasteiger partial charge is 0.0397 e. The summed E-state index contributed by atoms with van der Waals surface area (Å²) in [7, 11) is 4.45. The Hall–Kier alpha value is -1.06. The van der Waals surface area contributed by atoms with Gasteiger partial charge in [0.2, 0.25) is 0 Å². The Balaban J connectivity index is 2.05. The molecular formula is C18H31N3. The van der Waals surface area contributed by atoms with Gasteiger partial charge in [0, 0.05) is 25.3 Å². The summed E-state index contributed by atoms with van der Waals surface area (Å²) < 4.78 is 0. The maximum atomic E-state index is 6.02. The lowest BCUT2D eigenvalue weighted by molar-refractivity contribution is 0.222. The van der Waals surface area contributed by atoms with Gasteiger partial charge in [-0.05, 0) is 70.8 Å². The highest BCUT2D eigenvalue weighted by atomic mass is 15.1. The van der Waals surface area contributed by atoms with E-state index in [2.05, 4.69) is 55.9 Å². The minimum atomic E-state index is 0.210. The van der Waals surface area contributed by atoms with Crippen molar-refractivity contribution in [1.82, 2.24) is 4.90 Å². The fourth-order valence-corrected chi connectivity index (χ4v) is 3.33. The van der Waals surface area contributed by atoms with Crippen molar-refractivity contribution in [2.24, 2.45) is 11.7 Å². The minimum Gasteiger partial charge on any atom is -0.374 e. The largest absolute Gasteiger partial charge is 0.374 e. The number of benzene rings is 1. The zero-order valence-electron chi connectivity index (χ0n) is 14.1. The predicted octanol–water partition coefficient (Wildman–Crippen LogP) is 2.66. The first-order valence-electron chi connectivity index (χ1n) is 8.20. The second-order valence-corrected chi connectivity index (χ2v) is 6.94. The summed E-state index contributed by atoms with van der Waals surface area (Å²) in [5.74, 6) is 0.815. The molecule has 1 unspecified atom stereocenters. The topological polar surface area (TPSA) is 32.5 Å². The number of nitrogens with zero attached hydrogens (tertiary/aromatic N) is 2. The van der Waals surface area contributed by atoms with Crippen molar-refractivity contribution in [3.05, 3.63) is 29.3 Å². The van der Waals surface area contributed by atoms with E-state index in [-0.39, 0.29) is 6.04 Å². The van der Waals surface area contributed by atoms with E-state index in [9.17, 15) is 0 Å². The van der Waals surface area contributed by atoms with Gasteiger partial charge in [-0.25, -0.2) is 0 Å². The van der Waals surface area contributed by atoms with Crippen molar-refractivity contribution >= 4 is 5.69 Å². The van der Waals surface area contributed by atoms with E-state index in [4.69, 9.17) is 5.73 Å². The Kier molecular flexibility index (Phi) is 5.65. The normalized spacial score (nSPS) is 18.7. The van der Waals surface area contributed by atoms with Crippen molar-refractivity contribution in [1.29, 1.82) is 0 Å². The molecule has 2 N–H and O–H groups in total. The SMILES string of the molecule is Cc1ccc(N(C)CC2CCN(C)CC2)c(CC(C)N)c1. The van der Waals surface area contributed by atoms with Crippen LogP contribution in [0.25, 0.3) is 0 Å². The molecule has 1 fully saturated rings. The van der Waals surface area contributed by atoms with E-state index in [1.54, 1.807) is 0 Å². The first-order chi connectivity index (χ1) is 9.95. The summed E-state index contributed by atoms with van der Waals surface area (Å²) in [6.45, 7) is 7.87. The molecule has 1 aliphatic rings. The third-order valence-electron chi connectivity index (χ3n) is 4.56. The summed E-state index contributed by atoms with van der Waals surface area (Å²) in [6, 6.07) is 6.99. The summed E-state index contributed by atoms with van der Waals surface area (Å²) in [5, 5.41) is 0. The van der Waals surface area contributed by atoms with E-state index >= 15 is 0 Å². The molecule has 0 radical (unpaired) electrons. The van der Waals surface area contributed by atoms with Crippen LogP contribution in [0.2, 0.25) is 0 Å². The molecule has 1 aromatic carbocycles. The van der Waals surface area contributed by atoms with Crippen molar-refractivity contribution < 1.29 is 0 Å². The van der Waals surface area contributed by atoms with Gasteiger partial charge < -0.3 is 15.5 Å². The summed E-state index contributed by atoms with van der Waals surface area (Å²) >= 11 is 0. The van der Waals surface area contributed by atoms with Gasteiger partial charge >= 0.3 is 0 Å². The lowest BCUT2D eigenvalue weighted by Gasteiger charge is -2.33. The first kappa shape index (κ1) is 16.3. The van der Waals surface area contributed by atoms with Crippen LogP contribution < -0.4 is 10.6 Å². The molecule has 21 heavy (non-hydrogen) atoms. The number of rotatable bonds is 5. The maximum Gasteiger partial charge on any atom is 0.0397 e. The highest BCUT2D eigenvalue weighted by molar-refractivity contribution is 5.54. The minimum absolute atomic E-state index is 0.210.